The van der Waals surface area contributed by atoms with Crippen LogP contribution in [0.15, 0.2) is 18.5 Å². The number of Topliss-reactive ketones (excluding diaryl/α,β-unsaturated/α-hetero) is 1. The van der Waals surface area contributed by atoms with Gasteiger partial charge in [-0.3, -0.25) is 9.78 Å². The third kappa shape index (κ3) is 1.84. The maximum Gasteiger partial charge on any atom is 0.167 e. The molecule has 1 aliphatic rings. The molecule has 14 heavy (non-hydrogen) atoms. The van der Waals surface area contributed by atoms with E-state index in [1.54, 1.807) is 12.4 Å². The van der Waals surface area contributed by atoms with Crippen LogP contribution in [0.1, 0.15) is 35.7 Å². The van der Waals surface area contributed by atoms with Gasteiger partial charge in [0.15, 0.2) is 5.78 Å². The molecule has 2 nitrogen and oxygen atoms in total. The minimum atomic E-state index is 0.179. The largest absolute Gasteiger partial charge is 0.294 e. The van der Waals surface area contributed by atoms with Gasteiger partial charge in [0.2, 0.25) is 0 Å². The first-order valence-corrected chi connectivity index (χ1v) is 5.14. The van der Waals surface area contributed by atoms with E-state index in [2.05, 4.69) is 4.98 Å². The second-order valence-corrected chi connectivity index (χ2v) is 4.24. The van der Waals surface area contributed by atoms with Crippen LogP contribution in [0.3, 0.4) is 0 Å². The summed E-state index contributed by atoms with van der Waals surface area (Å²) in [6, 6.07) is 1.92. The Labute approximate surface area is 84.4 Å². The number of carbonyl (C=O) groups is 1. The summed E-state index contributed by atoms with van der Waals surface area (Å²) in [6.45, 7) is 3.99. The fraction of sp³-hybridized carbons (Fsp3) is 0.500. The first-order valence-electron chi connectivity index (χ1n) is 5.14. The molecule has 1 aromatic rings. The lowest BCUT2D eigenvalue weighted by molar-refractivity contribution is 0.0916. The first kappa shape index (κ1) is 9.38. The van der Waals surface area contributed by atoms with Crippen molar-refractivity contribution < 1.29 is 4.79 Å². The number of rotatable bonds is 3. The second kappa shape index (κ2) is 3.52. The van der Waals surface area contributed by atoms with Gasteiger partial charge >= 0.3 is 0 Å². The summed E-state index contributed by atoms with van der Waals surface area (Å²) >= 11 is 0. The molecule has 74 valence electrons. The minimum absolute atomic E-state index is 0.179. The topological polar surface area (TPSA) is 30.0 Å². The Morgan fingerprint density at radius 2 is 2.21 bits per heavy atom. The molecule has 1 saturated carbocycles. The normalized spacial score (nSPS) is 17.9. The van der Waals surface area contributed by atoms with Crippen LogP contribution in [0.5, 0.6) is 0 Å². The van der Waals surface area contributed by atoms with Crippen molar-refractivity contribution in [3.8, 4) is 0 Å². The Hall–Kier alpha value is -1.18. The highest BCUT2D eigenvalue weighted by Crippen LogP contribution is 2.38. The molecule has 2 rings (SSSR count). The van der Waals surface area contributed by atoms with Crippen LogP contribution in [-0.2, 0) is 0 Å². The quantitative estimate of drug-likeness (QED) is 0.684. The van der Waals surface area contributed by atoms with Crippen molar-refractivity contribution in [1.82, 2.24) is 4.98 Å². The molecule has 0 bridgehead atoms. The van der Waals surface area contributed by atoms with E-state index in [1.165, 1.54) is 12.8 Å². The molecule has 0 spiro atoms. The predicted octanol–water partition coefficient (Wildman–Crippen LogP) is 2.62. The zero-order chi connectivity index (χ0) is 10.1. The Kier molecular flexibility index (Phi) is 2.36. The molecule has 0 N–H and O–H groups in total. The zero-order valence-electron chi connectivity index (χ0n) is 8.66. The van der Waals surface area contributed by atoms with Crippen molar-refractivity contribution in [2.45, 2.75) is 26.7 Å². The van der Waals surface area contributed by atoms with Crippen molar-refractivity contribution in [2.24, 2.45) is 11.8 Å². The van der Waals surface area contributed by atoms with Gasteiger partial charge in [0.1, 0.15) is 0 Å². The van der Waals surface area contributed by atoms with E-state index in [-0.39, 0.29) is 11.7 Å². The van der Waals surface area contributed by atoms with Crippen LogP contribution in [0.2, 0.25) is 0 Å². The van der Waals surface area contributed by atoms with Crippen LogP contribution in [0.25, 0.3) is 0 Å². The third-order valence-electron chi connectivity index (χ3n) is 2.90. The molecule has 1 atom stereocenters. The maximum atomic E-state index is 11.9. The molecule has 1 fully saturated rings. The average molecular weight is 189 g/mol. The van der Waals surface area contributed by atoms with Gasteiger partial charge < -0.3 is 0 Å². The molecular formula is C12H15NO. The van der Waals surface area contributed by atoms with Gasteiger partial charge in [-0.05, 0) is 37.3 Å². The monoisotopic (exact) mass is 189 g/mol. The van der Waals surface area contributed by atoms with Gasteiger partial charge in [0.25, 0.3) is 0 Å². The number of nitrogens with zero attached hydrogens (tertiary/aromatic N) is 1. The van der Waals surface area contributed by atoms with Gasteiger partial charge in [0.05, 0.1) is 0 Å². The number of pyridine rings is 1. The van der Waals surface area contributed by atoms with Gasteiger partial charge in [-0.25, -0.2) is 0 Å². The summed E-state index contributed by atoms with van der Waals surface area (Å²) in [6.07, 6.45) is 5.88. The highest BCUT2D eigenvalue weighted by Gasteiger charge is 2.32. The number of carbonyl (C=O) groups excluding carboxylic acids is 1. The maximum absolute atomic E-state index is 11.9. The van der Waals surface area contributed by atoms with Gasteiger partial charge in [-0.2, -0.15) is 0 Å². The Balaban J connectivity index is 2.17. The van der Waals surface area contributed by atoms with Gasteiger partial charge in [-0.15, -0.1) is 0 Å². The van der Waals surface area contributed by atoms with E-state index in [0.717, 1.165) is 11.1 Å². The molecule has 1 aromatic heterocycles. The van der Waals surface area contributed by atoms with Crippen molar-refractivity contribution >= 4 is 5.78 Å². The van der Waals surface area contributed by atoms with E-state index < -0.39 is 0 Å². The molecule has 1 aliphatic carbocycles. The van der Waals surface area contributed by atoms with Crippen LogP contribution in [0, 0.1) is 18.8 Å². The second-order valence-electron chi connectivity index (χ2n) is 4.24. The number of hydrogen-bond acceptors (Lipinski definition) is 2. The fourth-order valence-electron chi connectivity index (χ4n) is 1.76. The summed E-state index contributed by atoms with van der Waals surface area (Å²) in [5.74, 6) is 1.06. The first-order chi connectivity index (χ1) is 6.68. The standard InChI is InChI=1S/C12H15NO/c1-8-5-11(7-13-6-8)12(14)9(2)10-3-4-10/h5-7,9-10H,3-4H2,1-2H3. The van der Waals surface area contributed by atoms with Crippen molar-refractivity contribution in [3.05, 3.63) is 29.6 Å². The van der Waals surface area contributed by atoms with Crippen LogP contribution < -0.4 is 0 Å². The van der Waals surface area contributed by atoms with E-state index in [9.17, 15) is 4.79 Å². The Morgan fingerprint density at radius 3 is 2.79 bits per heavy atom. The Morgan fingerprint density at radius 1 is 1.50 bits per heavy atom. The Bertz CT molecular complexity index is 355. The van der Waals surface area contributed by atoms with Crippen molar-refractivity contribution in [3.63, 3.8) is 0 Å². The van der Waals surface area contributed by atoms with Crippen LogP contribution in [-0.4, -0.2) is 10.8 Å². The van der Waals surface area contributed by atoms with E-state index in [1.807, 2.05) is 19.9 Å². The summed E-state index contributed by atoms with van der Waals surface area (Å²) in [7, 11) is 0. The van der Waals surface area contributed by atoms with Gasteiger partial charge in [0, 0.05) is 23.9 Å². The van der Waals surface area contributed by atoms with Crippen LogP contribution in [0.4, 0.5) is 0 Å². The average Bonchev–Trinajstić information content (AvgIpc) is 2.99. The zero-order valence-corrected chi connectivity index (χ0v) is 8.66. The predicted molar refractivity (Wildman–Crippen MR) is 55.2 cm³/mol. The number of hydrogen-bond donors (Lipinski definition) is 0. The molecule has 0 aliphatic heterocycles. The highest BCUT2D eigenvalue weighted by atomic mass is 16.1. The molecule has 2 heteroatoms. The molecule has 1 unspecified atom stereocenters. The molecule has 0 aromatic carbocycles. The summed E-state index contributed by atoms with van der Waals surface area (Å²) in [5.41, 5.74) is 1.82. The minimum Gasteiger partial charge on any atom is -0.294 e. The molecule has 0 saturated heterocycles. The SMILES string of the molecule is Cc1cncc(C(=O)C(C)C2CC2)c1. The summed E-state index contributed by atoms with van der Waals surface area (Å²) in [4.78, 5) is 16.0. The lowest BCUT2D eigenvalue weighted by Crippen LogP contribution is -2.13. The molecular weight excluding hydrogens is 174 g/mol. The van der Waals surface area contributed by atoms with E-state index >= 15 is 0 Å². The summed E-state index contributed by atoms with van der Waals surface area (Å²) < 4.78 is 0. The number of aryl methyl sites for hydroxylation is 1. The van der Waals surface area contributed by atoms with E-state index in [0.29, 0.717) is 5.92 Å². The lowest BCUT2D eigenvalue weighted by Gasteiger charge is -2.08. The number of ketones is 1. The highest BCUT2D eigenvalue weighted by molar-refractivity contribution is 5.97. The third-order valence-corrected chi connectivity index (χ3v) is 2.90. The van der Waals surface area contributed by atoms with E-state index in [4.69, 9.17) is 0 Å². The summed E-state index contributed by atoms with van der Waals surface area (Å²) in [5, 5.41) is 0. The fourth-order valence-corrected chi connectivity index (χ4v) is 1.76. The van der Waals surface area contributed by atoms with Crippen molar-refractivity contribution in [2.75, 3.05) is 0 Å². The van der Waals surface area contributed by atoms with Gasteiger partial charge in [-0.1, -0.05) is 6.92 Å². The molecule has 1 heterocycles. The van der Waals surface area contributed by atoms with Crippen molar-refractivity contribution in [1.29, 1.82) is 0 Å². The lowest BCUT2D eigenvalue weighted by atomic mass is 9.96. The molecule has 0 amide bonds. The number of aromatic nitrogens is 1. The van der Waals surface area contributed by atoms with Crippen LogP contribution >= 0.6 is 0 Å². The molecule has 0 radical (unpaired) electrons. The smallest absolute Gasteiger partial charge is 0.167 e.